The minimum absolute atomic E-state index is 0.133. The Morgan fingerprint density at radius 2 is 2.14 bits per heavy atom. The lowest BCUT2D eigenvalue weighted by atomic mass is 10.0. The van der Waals surface area contributed by atoms with Crippen molar-refractivity contribution in [3.63, 3.8) is 0 Å². The van der Waals surface area contributed by atoms with Gasteiger partial charge < -0.3 is 14.6 Å². The molecule has 3 rings (SSSR count). The molecule has 1 atom stereocenters. The number of aryl methyl sites for hydroxylation is 1. The molecule has 0 unspecified atom stereocenters. The van der Waals surface area contributed by atoms with Gasteiger partial charge in [-0.2, -0.15) is 4.98 Å². The zero-order chi connectivity index (χ0) is 15.6. The first-order valence-corrected chi connectivity index (χ1v) is 7.39. The Balaban J connectivity index is 1.62. The molecule has 2 aromatic rings. The van der Waals surface area contributed by atoms with Gasteiger partial charge >= 0.3 is 0 Å². The third-order valence-corrected chi connectivity index (χ3v) is 3.87. The van der Waals surface area contributed by atoms with Crippen LogP contribution in [0.15, 0.2) is 28.8 Å². The summed E-state index contributed by atoms with van der Waals surface area (Å²) in [5, 5.41) is 6.70. The monoisotopic (exact) mass is 301 g/mol. The Morgan fingerprint density at radius 3 is 2.82 bits per heavy atom. The van der Waals surface area contributed by atoms with Crippen molar-refractivity contribution in [2.75, 3.05) is 6.61 Å². The average molecular weight is 301 g/mol. The van der Waals surface area contributed by atoms with Crippen molar-refractivity contribution in [1.29, 1.82) is 0 Å². The van der Waals surface area contributed by atoms with Crippen LogP contribution in [-0.4, -0.2) is 28.3 Å². The Bertz CT molecular complexity index is 658. The molecule has 0 radical (unpaired) electrons. The lowest BCUT2D eigenvalue weighted by Crippen LogP contribution is -2.43. The average Bonchev–Trinajstić information content (AvgIpc) is 3.15. The first-order valence-electron chi connectivity index (χ1n) is 7.39. The van der Waals surface area contributed by atoms with E-state index >= 15 is 0 Å². The topological polar surface area (TPSA) is 77.2 Å². The van der Waals surface area contributed by atoms with Gasteiger partial charge in [0.05, 0.1) is 6.54 Å². The second kappa shape index (κ2) is 5.88. The number of nitrogens with zero attached hydrogens (tertiary/aromatic N) is 2. The van der Waals surface area contributed by atoms with Crippen LogP contribution in [-0.2, 0) is 16.1 Å². The number of nitrogens with one attached hydrogen (secondary N) is 1. The fourth-order valence-corrected chi connectivity index (χ4v) is 2.44. The number of rotatable bonds is 4. The summed E-state index contributed by atoms with van der Waals surface area (Å²) in [6.45, 7) is 4.68. The zero-order valence-corrected chi connectivity index (χ0v) is 12.8. The second-order valence-electron chi connectivity index (χ2n) is 5.75. The lowest BCUT2D eigenvalue weighted by Gasteiger charge is -2.21. The van der Waals surface area contributed by atoms with Gasteiger partial charge in [0.25, 0.3) is 11.8 Å². The first kappa shape index (κ1) is 14.7. The molecule has 1 fully saturated rings. The summed E-state index contributed by atoms with van der Waals surface area (Å²) in [4.78, 5) is 16.4. The summed E-state index contributed by atoms with van der Waals surface area (Å²) in [6.07, 6.45) is 1.64. The van der Waals surface area contributed by atoms with Crippen LogP contribution >= 0.6 is 0 Å². The molecule has 0 bridgehead atoms. The Kier molecular flexibility index (Phi) is 3.94. The summed E-state index contributed by atoms with van der Waals surface area (Å²) in [7, 11) is 0. The largest absolute Gasteiger partial charge is 0.365 e. The molecule has 22 heavy (non-hydrogen) atoms. The maximum Gasteiger partial charge on any atom is 0.257 e. The second-order valence-corrected chi connectivity index (χ2v) is 5.75. The van der Waals surface area contributed by atoms with E-state index in [1.54, 1.807) is 0 Å². The number of amides is 1. The highest BCUT2D eigenvalue weighted by atomic mass is 16.5. The van der Waals surface area contributed by atoms with Gasteiger partial charge in [-0.3, -0.25) is 4.79 Å². The van der Waals surface area contributed by atoms with Gasteiger partial charge in [-0.05, 0) is 38.8 Å². The predicted octanol–water partition coefficient (Wildman–Crippen LogP) is 2.23. The van der Waals surface area contributed by atoms with E-state index in [9.17, 15) is 4.79 Å². The van der Waals surface area contributed by atoms with Crippen molar-refractivity contribution < 1.29 is 14.1 Å². The fourth-order valence-electron chi connectivity index (χ4n) is 2.44. The zero-order valence-electron chi connectivity index (χ0n) is 12.8. The first-order chi connectivity index (χ1) is 10.6. The van der Waals surface area contributed by atoms with Crippen molar-refractivity contribution in [3.05, 3.63) is 35.7 Å². The van der Waals surface area contributed by atoms with Crippen LogP contribution < -0.4 is 5.32 Å². The summed E-state index contributed by atoms with van der Waals surface area (Å²) in [5.74, 6) is 0.768. The normalized spacial score (nSPS) is 21.0. The minimum Gasteiger partial charge on any atom is -0.365 e. The summed E-state index contributed by atoms with van der Waals surface area (Å²) < 4.78 is 10.7. The summed E-state index contributed by atoms with van der Waals surface area (Å²) in [5.41, 5.74) is 1.30. The van der Waals surface area contributed by atoms with Gasteiger partial charge in [0, 0.05) is 12.2 Å². The van der Waals surface area contributed by atoms with E-state index in [0.29, 0.717) is 18.3 Å². The molecular formula is C16H19N3O3. The van der Waals surface area contributed by atoms with Gasteiger partial charge in [0.15, 0.2) is 5.82 Å². The van der Waals surface area contributed by atoms with Crippen LogP contribution in [0.1, 0.15) is 31.2 Å². The summed E-state index contributed by atoms with van der Waals surface area (Å²) in [6, 6.07) is 7.83. The standard InChI is InChI=1S/C16H19N3O3/c1-11-4-6-12(7-5-11)14-18-13(19-22-14)10-17-15(20)16(2)8-3-9-21-16/h4-7H,3,8-10H2,1-2H3,(H,17,20)/t16-/m0/s1. The number of hydrogen-bond acceptors (Lipinski definition) is 5. The van der Waals surface area contributed by atoms with E-state index < -0.39 is 5.60 Å². The molecule has 1 aromatic carbocycles. The number of aromatic nitrogens is 2. The molecule has 116 valence electrons. The van der Waals surface area contributed by atoms with Crippen LogP contribution in [0, 0.1) is 6.92 Å². The highest BCUT2D eigenvalue weighted by Crippen LogP contribution is 2.25. The summed E-state index contributed by atoms with van der Waals surface area (Å²) >= 11 is 0. The van der Waals surface area contributed by atoms with E-state index in [2.05, 4.69) is 15.5 Å². The van der Waals surface area contributed by atoms with Crippen LogP contribution in [0.2, 0.25) is 0 Å². The van der Waals surface area contributed by atoms with E-state index in [-0.39, 0.29) is 12.5 Å². The third kappa shape index (κ3) is 3.01. The molecule has 1 aromatic heterocycles. The number of benzene rings is 1. The van der Waals surface area contributed by atoms with Crippen LogP contribution in [0.25, 0.3) is 11.5 Å². The third-order valence-electron chi connectivity index (χ3n) is 3.87. The minimum atomic E-state index is -0.733. The predicted molar refractivity (Wildman–Crippen MR) is 79.9 cm³/mol. The van der Waals surface area contributed by atoms with Crippen molar-refractivity contribution in [2.45, 2.75) is 38.8 Å². The number of carbonyl (C=O) groups excluding carboxylic acids is 1. The van der Waals surface area contributed by atoms with Gasteiger partial charge in [-0.15, -0.1) is 0 Å². The maximum absolute atomic E-state index is 12.1. The molecule has 6 nitrogen and oxygen atoms in total. The molecule has 1 aliphatic heterocycles. The van der Waals surface area contributed by atoms with E-state index in [0.717, 1.165) is 18.4 Å². The van der Waals surface area contributed by atoms with Gasteiger partial charge in [-0.1, -0.05) is 22.9 Å². The molecule has 0 aliphatic carbocycles. The van der Waals surface area contributed by atoms with Crippen molar-refractivity contribution >= 4 is 5.91 Å². The van der Waals surface area contributed by atoms with Gasteiger partial charge in [-0.25, -0.2) is 0 Å². The molecule has 1 aliphatic rings. The molecule has 1 N–H and O–H groups in total. The molecule has 0 saturated carbocycles. The Labute approximate surface area is 128 Å². The number of ether oxygens (including phenoxy) is 1. The van der Waals surface area contributed by atoms with Crippen molar-refractivity contribution in [2.24, 2.45) is 0 Å². The smallest absolute Gasteiger partial charge is 0.257 e. The molecule has 6 heteroatoms. The highest BCUT2D eigenvalue weighted by molar-refractivity contribution is 5.84. The Morgan fingerprint density at radius 1 is 1.36 bits per heavy atom. The van der Waals surface area contributed by atoms with Gasteiger partial charge in [0.1, 0.15) is 5.60 Å². The quantitative estimate of drug-likeness (QED) is 0.937. The molecular weight excluding hydrogens is 282 g/mol. The molecule has 0 spiro atoms. The van der Waals surface area contributed by atoms with Crippen LogP contribution in [0.3, 0.4) is 0 Å². The molecule has 2 heterocycles. The number of carbonyl (C=O) groups is 1. The fraction of sp³-hybridized carbons (Fsp3) is 0.438. The van der Waals surface area contributed by atoms with Gasteiger partial charge in [0.2, 0.25) is 0 Å². The Hall–Kier alpha value is -2.21. The van der Waals surface area contributed by atoms with E-state index in [1.807, 2.05) is 38.1 Å². The number of hydrogen-bond donors (Lipinski definition) is 1. The van der Waals surface area contributed by atoms with Crippen molar-refractivity contribution in [3.8, 4) is 11.5 Å². The van der Waals surface area contributed by atoms with Crippen LogP contribution in [0.4, 0.5) is 0 Å². The molecule has 1 saturated heterocycles. The SMILES string of the molecule is Cc1ccc(-c2nc(CNC(=O)[C@]3(C)CCCO3)no2)cc1. The highest BCUT2D eigenvalue weighted by Gasteiger charge is 2.37. The molecule has 1 amide bonds. The lowest BCUT2D eigenvalue weighted by molar-refractivity contribution is -0.139. The maximum atomic E-state index is 12.1. The van der Waals surface area contributed by atoms with Crippen molar-refractivity contribution in [1.82, 2.24) is 15.5 Å². The van der Waals surface area contributed by atoms with E-state index in [4.69, 9.17) is 9.26 Å². The van der Waals surface area contributed by atoms with Crippen LogP contribution in [0.5, 0.6) is 0 Å². The van der Waals surface area contributed by atoms with E-state index in [1.165, 1.54) is 5.56 Å².